The highest BCUT2D eigenvalue weighted by Gasteiger charge is 2.22. The molecule has 0 aliphatic heterocycles. The average molecular weight is 169 g/mol. The summed E-state index contributed by atoms with van der Waals surface area (Å²) < 4.78 is 4.45. The summed E-state index contributed by atoms with van der Waals surface area (Å²) in [6.45, 7) is 5.42. The molecule has 1 aromatic rings. The summed E-state index contributed by atoms with van der Waals surface area (Å²) in [6.07, 6.45) is 1.16. The summed E-state index contributed by atoms with van der Waals surface area (Å²) in [7, 11) is 0. The van der Waals surface area contributed by atoms with Crippen molar-refractivity contribution in [3.8, 4) is 0 Å². The van der Waals surface area contributed by atoms with Crippen molar-refractivity contribution in [2.24, 2.45) is 5.41 Å². The van der Waals surface area contributed by atoms with Gasteiger partial charge >= 0.3 is 0 Å². The summed E-state index contributed by atoms with van der Waals surface area (Å²) >= 11 is 0. The zero-order valence-corrected chi connectivity index (χ0v) is 7.29. The van der Waals surface area contributed by atoms with Crippen molar-refractivity contribution in [2.75, 3.05) is 5.32 Å². The van der Waals surface area contributed by atoms with Crippen LogP contribution in [0, 0.1) is 5.41 Å². The van der Waals surface area contributed by atoms with Gasteiger partial charge in [-0.15, -0.1) is 0 Å². The van der Waals surface area contributed by atoms with Crippen LogP contribution >= 0.6 is 0 Å². The van der Waals surface area contributed by atoms with Crippen LogP contribution in [-0.4, -0.2) is 16.0 Å². The van der Waals surface area contributed by atoms with Gasteiger partial charge in [-0.05, 0) is 5.16 Å². The van der Waals surface area contributed by atoms with Crippen LogP contribution in [0.15, 0.2) is 10.9 Å². The predicted octanol–water partition coefficient (Wildman–Crippen LogP) is 1.05. The maximum absolute atomic E-state index is 11.3. The first-order valence-electron chi connectivity index (χ1n) is 3.58. The van der Waals surface area contributed by atoms with Crippen molar-refractivity contribution in [1.29, 1.82) is 0 Å². The molecule has 0 aliphatic carbocycles. The number of carbonyl (C=O) groups excluding carboxylic acids is 1. The molecule has 0 aromatic carbocycles. The molecule has 12 heavy (non-hydrogen) atoms. The second-order valence-corrected chi connectivity index (χ2v) is 3.46. The second kappa shape index (κ2) is 2.92. The van der Waals surface area contributed by atoms with E-state index in [1.54, 1.807) is 0 Å². The molecule has 66 valence electrons. The van der Waals surface area contributed by atoms with Crippen LogP contribution in [0.3, 0.4) is 0 Å². The first-order valence-corrected chi connectivity index (χ1v) is 3.58. The number of nitrogens with one attached hydrogen (secondary N) is 1. The molecule has 5 heteroatoms. The number of anilines is 1. The Kier molecular flexibility index (Phi) is 2.12. The molecular formula is C7H11N3O2. The van der Waals surface area contributed by atoms with Crippen molar-refractivity contribution < 1.29 is 9.32 Å². The smallest absolute Gasteiger partial charge is 0.269 e. The third-order valence-corrected chi connectivity index (χ3v) is 1.27. The lowest BCUT2D eigenvalue weighted by Gasteiger charge is -2.15. The first-order chi connectivity index (χ1) is 5.50. The van der Waals surface area contributed by atoms with E-state index in [4.69, 9.17) is 0 Å². The third kappa shape index (κ3) is 2.05. The summed E-state index contributed by atoms with van der Waals surface area (Å²) in [5.74, 6) is 0.0684. The fourth-order valence-corrected chi connectivity index (χ4v) is 0.515. The van der Waals surface area contributed by atoms with Gasteiger partial charge in [0.05, 0.1) is 0 Å². The summed E-state index contributed by atoms with van der Waals surface area (Å²) in [4.78, 5) is 15.0. The highest BCUT2D eigenvalue weighted by atomic mass is 16.5. The number of aromatic nitrogens is 2. The van der Waals surface area contributed by atoms with E-state index in [1.807, 2.05) is 20.8 Å². The topological polar surface area (TPSA) is 68.0 Å². The predicted molar refractivity (Wildman–Crippen MR) is 42.4 cm³/mol. The largest absolute Gasteiger partial charge is 0.341 e. The molecule has 0 aliphatic rings. The van der Waals surface area contributed by atoms with Gasteiger partial charge in [-0.3, -0.25) is 10.1 Å². The fourth-order valence-electron chi connectivity index (χ4n) is 0.515. The highest BCUT2D eigenvalue weighted by molar-refractivity contribution is 5.92. The molecule has 5 nitrogen and oxygen atoms in total. The van der Waals surface area contributed by atoms with Crippen LogP contribution in [0.5, 0.6) is 0 Å². The Morgan fingerprint density at radius 1 is 1.58 bits per heavy atom. The lowest BCUT2D eigenvalue weighted by molar-refractivity contribution is -0.123. The Morgan fingerprint density at radius 2 is 2.25 bits per heavy atom. The molecular weight excluding hydrogens is 158 g/mol. The van der Waals surface area contributed by atoms with Crippen LogP contribution in [0.25, 0.3) is 0 Å². The Hall–Kier alpha value is -1.39. The van der Waals surface area contributed by atoms with Crippen LogP contribution < -0.4 is 5.32 Å². The lowest BCUT2D eigenvalue weighted by Crippen LogP contribution is -2.28. The minimum absolute atomic E-state index is 0.135. The number of rotatable bonds is 1. The minimum Gasteiger partial charge on any atom is -0.341 e. The van der Waals surface area contributed by atoms with E-state index in [0.717, 1.165) is 6.39 Å². The van der Waals surface area contributed by atoms with Gasteiger partial charge in [0.1, 0.15) is 0 Å². The zero-order valence-electron chi connectivity index (χ0n) is 7.29. The van der Waals surface area contributed by atoms with Crippen molar-refractivity contribution in [2.45, 2.75) is 20.8 Å². The van der Waals surface area contributed by atoms with Gasteiger partial charge < -0.3 is 4.52 Å². The van der Waals surface area contributed by atoms with E-state index >= 15 is 0 Å². The number of amides is 1. The minimum atomic E-state index is -0.444. The van der Waals surface area contributed by atoms with E-state index in [9.17, 15) is 4.79 Å². The molecule has 1 heterocycles. The van der Waals surface area contributed by atoms with Crippen LogP contribution in [-0.2, 0) is 4.79 Å². The number of nitrogens with zero attached hydrogens (tertiary/aromatic N) is 2. The van der Waals surface area contributed by atoms with E-state index in [1.165, 1.54) is 0 Å². The third-order valence-electron chi connectivity index (χ3n) is 1.27. The van der Waals surface area contributed by atoms with E-state index < -0.39 is 5.41 Å². The van der Waals surface area contributed by atoms with Gasteiger partial charge in [0.25, 0.3) is 5.95 Å². The quantitative estimate of drug-likeness (QED) is 0.682. The normalized spacial score (nSPS) is 11.2. The zero-order chi connectivity index (χ0) is 9.19. The monoisotopic (exact) mass is 169 g/mol. The molecule has 0 unspecified atom stereocenters. The number of hydrogen-bond donors (Lipinski definition) is 1. The van der Waals surface area contributed by atoms with Gasteiger partial charge in [0.2, 0.25) is 12.3 Å². The molecule has 1 amide bonds. The Labute approximate surface area is 70.2 Å². The molecule has 0 radical (unpaired) electrons. The van der Waals surface area contributed by atoms with Gasteiger partial charge in [-0.25, -0.2) is 0 Å². The molecule has 0 spiro atoms. The standard InChI is InChI=1S/C7H11N3O2/c1-7(2,3)5(11)9-6-8-4-12-10-6/h4H,1-3H3,(H,9,10,11). The number of hydrogen-bond acceptors (Lipinski definition) is 4. The summed E-state index contributed by atoms with van der Waals surface area (Å²) in [5, 5.41) is 5.96. The average Bonchev–Trinajstić information content (AvgIpc) is 2.37. The van der Waals surface area contributed by atoms with Gasteiger partial charge in [0.15, 0.2) is 0 Å². The van der Waals surface area contributed by atoms with E-state index in [2.05, 4.69) is 20.0 Å². The molecule has 1 N–H and O–H groups in total. The summed E-state index contributed by atoms with van der Waals surface area (Å²) in [5.41, 5.74) is -0.444. The maximum atomic E-state index is 11.3. The molecule has 1 aromatic heterocycles. The van der Waals surface area contributed by atoms with Crippen molar-refractivity contribution in [1.82, 2.24) is 10.1 Å². The molecule has 0 bridgehead atoms. The van der Waals surface area contributed by atoms with Crippen LogP contribution in [0.2, 0.25) is 0 Å². The van der Waals surface area contributed by atoms with Crippen LogP contribution in [0.1, 0.15) is 20.8 Å². The summed E-state index contributed by atoms with van der Waals surface area (Å²) in [6, 6.07) is 0. The van der Waals surface area contributed by atoms with Crippen LogP contribution in [0.4, 0.5) is 5.95 Å². The lowest BCUT2D eigenvalue weighted by atomic mass is 9.96. The number of carbonyl (C=O) groups is 1. The first kappa shape index (κ1) is 8.70. The molecule has 0 atom stereocenters. The van der Waals surface area contributed by atoms with E-state index in [0.29, 0.717) is 0 Å². The maximum Gasteiger partial charge on any atom is 0.269 e. The second-order valence-electron chi connectivity index (χ2n) is 3.46. The Bertz CT molecular complexity index is 261. The Morgan fingerprint density at radius 3 is 2.67 bits per heavy atom. The molecule has 0 saturated carbocycles. The van der Waals surface area contributed by atoms with Gasteiger partial charge in [0, 0.05) is 5.41 Å². The van der Waals surface area contributed by atoms with Gasteiger partial charge in [-0.2, -0.15) is 4.98 Å². The molecule has 0 fully saturated rings. The molecule has 0 saturated heterocycles. The van der Waals surface area contributed by atoms with Gasteiger partial charge in [-0.1, -0.05) is 20.8 Å². The molecule has 1 rings (SSSR count). The van der Waals surface area contributed by atoms with Crippen molar-refractivity contribution in [3.63, 3.8) is 0 Å². The SMILES string of the molecule is CC(C)(C)C(=O)Nc1ncon1. The fraction of sp³-hybridized carbons (Fsp3) is 0.571. The van der Waals surface area contributed by atoms with Crippen molar-refractivity contribution >= 4 is 11.9 Å². The van der Waals surface area contributed by atoms with Crippen molar-refractivity contribution in [3.05, 3.63) is 6.39 Å². The highest BCUT2D eigenvalue weighted by Crippen LogP contribution is 2.14. The Balaban J connectivity index is 2.60. The van der Waals surface area contributed by atoms with E-state index in [-0.39, 0.29) is 11.9 Å².